The molecule has 1 unspecified atom stereocenters. The molecule has 0 aromatic carbocycles. The van der Waals surface area contributed by atoms with Crippen LogP contribution in [0.15, 0.2) is 0 Å². The molecule has 0 saturated heterocycles. The Morgan fingerprint density at radius 2 is 2.19 bits per heavy atom. The number of carboxylic acids is 1. The van der Waals surface area contributed by atoms with Crippen molar-refractivity contribution in [1.29, 1.82) is 0 Å². The highest BCUT2D eigenvalue weighted by Gasteiger charge is 2.41. The lowest BCUT2D eigenvalue weighted by atomic mass is 10.1. The molecule has 21 heavy (non-hydrogen) atoms. The fourth-order valence-corrected chi connectivity index (χ4v) is 2.88. The molecule has 2 rings (SSSR count). The van der Waals surface area contributed by atoms with Crippen molar-refractivity contribution in [2.45, 2.75) is 44.6 Å². The summed E-state index contributed by atoms with van der Waals surface area (Å²) in [5.41, 5.74) is -1.45. The van der Waals surface area contributed by atoms with Gasteiger partial charge in [-0.15, -0.1) is 0 Å². The Morgan fingerprint density at radius 3 is 2.62 bits per heavy atom. The molecule has 1 aromatic rings. The van der Waals surface area contributed by atoms with Crippen molar-refractivity contribution in [2.75, 3.05) is 0 Å². The first-order valence-corrected chi connectivity index (χ1v) is 6.65. The van der Waals surface area contributed by atoms with Crippen LogP contribution >= 0.6 is 11.6 Å². The third-order valence-electron chi connectivity index (χ3n) is 3.45. The minimum Gasteiger partial charge on any atom is -0.476 e. The van der Waals surface area contributed by atoms with E-state index in [1.807, 2.05) is 0 Å². The predicted octanol–water partition coefficient (Wildman–Crippen LogP) is 3.78. The van der Waals surface area contributed by atoms with Gasteiger partial charge in [-0.3, -0.25) is 4.68 Å². The Balaban J connectivity index is 2.33. The third kappa shape index (κ3) is 3.30. The van der Waals surface area contributed by atoms with Gasteiger partial charge in [-0.25, -0.2) is 13.6 Å². The van der Waals surface area contributed by atoms with E-state index < -0.39 is 46.6 Å². The molecule has 1 N–H and O–H groups in total. The summed E-state index contributed by atoms with van der Waals surface area (Å²) in [5, 5.41) is 11.9. The highest BCUT2D eigenvalue weighted by atomic mass is 35.5. The standard InChI is InChI=1S/C12H13ClF4N2O2/c1-11(14,15)9-7(13)8(10(20)21)19(18-9)5-6-2-3-12(16,17)4-6/h6H,2-5H2,1H3,(H,20,21). The van der Waals surface area contributed by atoms with Gasteiger partial charge in [-0.2, -0.15) is 13.9 Å². The van der Waals surface area contributed by atoms with Gasteiger partial charge in [0.1, 0.15) is 5.02 Å². The summed E-state index contributed by atoms with van der Waals surface area (Å²) < 4.78 is 53.7. The quantitative estimate of drug-likeness (QED) is 0.856. The zero-order chi connectivity index (χ0) is 16.0. The van der Waals surface area contributed by atoms with Crippen molar-refractivity contribution in [3.05, 3.63) is 16.4 Å². The van der Waals surface area contributed by atoms with E-state index in [9.17, 15) is 22.4 Å². The molecule has 4 nitrogen and oxygen atoms in total. The molecular weight excluding hydrogens is 316 g/mol. The van der Waals surface area contributed by atoms with Crippen LogP contribution in [-0.2, 0) is 12.5 Å². The number of aromatic carboxylic acids is 1. The number of alkyl halides is 4. The van der Waals surface area contributed by atoms with Gasteiger partial charge < -0.3 is 5.11 Å². The monoisotopic (exact) mass is 328 g/mol. The van der Waals surface area contributed by atoms with Crippen LogP contribution in [0.25, 0.3) is 0 Å². The molecule has 1 heterocycles. The minimum absolute atomic E-state index is 0.174. The van der Waals surface area contributed by atoms with Crippen molar-refractivity contribution in [2.24, 2.45) is 5.92 Å². The van der Waals surface area contributed by atoms with E-state index in [1.165, 1.54) is 0 Å². The molecule has 1 aliphatic carbocycles. The number of carbonyl (C=O) groups is 1. The minimum atomic E-state index is -3.41. The van der Waals surface area contributed by atoms with Gasteiger partial charge in [0.25, 0.3) is 5.92 Å². The predicted molar refractivity (Wildman–Crippen MR) is 66.1 cm³/mol. The highest BCUT2D eigenvalue weighted by Crippen LogP contribution is 2.40. The fourth-order valence-electron chi connectivity index (χ4n) is 2.50. The van der Waals surface area contributed by atoms with Crippen molar-refractivity contribution in [3.63, 3.8) is 0 Å². The van der Waals surface area contributed by atoms with Gasteiger partial charge in [0, 0.05) is 26.3 Å². The Bertz CT molecular complexity index is 568. The van der Waals surface area contributed by atoms with Crippen LogP contribution in [0.3, 0.4) is 0 Å². The van der Waals surface area contributed by atoms with Crippen molar-refractivity contribution in [3.8, 4) is 0 Å². The Labute approximate surface area is 122 Å². The number of aromatic nitrogens is 2. The first-order chi connectivity index (χ1) is 9.51. The second-order valence-corrected chi connectivity index (χ2v) is 5.73. The molecule has 1 aliphatic rings. The Kier molecular flexibility index (Phi) is 3.94. The number of nitrogens with zero attached hydrogens (tertiary/aromatic N) is 2. The van der Waals surface area contributed by atoms with Crippen LogP contribution in [0.4, 0.5) is 17.6 Å². The van der Waals surface area contributed by atoms with Crippen molar-refractivity contribution in [1.82, 2.24) is 9.78 Å². The normalized spacial score (nSPS) is 21.7. The lowest BCUT2D eigenvalue weighted by Crippen LogP contribution is -2.17. The number of rotatable bonds is 4. The van der Waals surface area contributed by atoms with E-state index in [4.69, 9.17) is 16.7 Å². The SMILES string of the molecule is CC(F)(F)c1nn(CC2CCC(F)(F)C2)c(C(=O)O)c1Cl. The molecule has 118 valence electrons. The van der Waals surface area contributed by atoms with Gasteiger partial charge in [0.2, 0.25) is 5.92 Å². The van der Waals surface area contributed by atoms with Gasteiger partial charge in [-0.1, -0.05) is 11.6 Å². The zero-order valence-electron chi connectivity index (χ0n) is 11.0. The van der Waals surface area contributed by atoms with E-state index in [0.717, 1.165) is 4.68 Å². The summed E-state index contributed by atoms with van der Waals surface area (Å²) in [6.45, 7) is 0.369. The molecule has 1 aromatic heterocycles. The number of hydrogen-bond acceptors (Lipinski definition) is 2. The second kappa shape index (κ2) is 5.15. The first kappa shape index (κ1) is 16.1. The average Bonchev–Trinajstić information content (AvgIpc) is 2.79. The molecule has 0 radical (unpaired) electrons. The third-order valence-corrected chi connectivity index (χ3v) is 3.81. The van der Waals surface area contributed by atoms with Crippen LogP contribution in [0.5, 0.6) is 0 Å². The summed E-state index contributed by atoms with van der Waals surface area (Å²) in [6, 6.07) is 0. The maximum absolute atomic E-state index is 13.3. The molecule has 1 atom stereocenters. The average molecular weight is 329 g/mol. The summed E-state index contributed by atoms with van der Waals surface area (Å²) in [5.74, 6) is -8.26. The van der Waals surface area contributed by atoms with Crippen molar-refractivity contribution < 1.29 is 27.5 Å². The lowest BCUT2D eigenvalue weighted by molar-refractivity contribution is 0.00349. The molecule has 9 heteroatoms. The first-order valence-electron chi connectivity index (χ1n) is 6.27. The van der Waals surface area contributed by atoms with Crippen LogP contribution in [-0.4, -0.2) is 26.8 Å². The van der Waals surface area contributed by atoms with Gasteiger partial charge in [0.05, 0.1) is 0 Å². The summed E-state index contributed by atoms with van der Waals surface area (Å²) in [7, 11) is 0. The van der Waals surface area contributed by atoms with Gasteiger partial charge in [0.15, 0.2) is 11.4 Å². The largest absolute Gasteiger partial charge is 0.476 e. The molecule has 0 aliphatic heterocycles. The maximum atomic E-state index is 13.3. The smallest absolute Gasteiger partial charge is 0.355 e. The summed E-state index contributed by atoms with van der Waals surface area (Å²) >= 11 is 5.66. The number of hydrogen-bond donors (Lipinski definition) is 1. The second-order valence-electron chi connectivity index (χ2n) is 5.35. The summed E-state index contributed by atoms with van der Waals surface area (Å²) in [6.07, 6.45) is -0.533. The fraction of sp³-hybridized carbons (Fsp3) is 0.667. The Hall–Kier alpha value is -1.31. The zero-order valence-corrected chi connectivity index (χ0v) is 11.8. The molecular formula is C12H13ClF4N2O2. The molecule has 0 bridgehead atoms. The highest BCUT2D eigenvalue weighted by molar-refractivity contribution is 6.34. The molecule has 1 saturated carbocycles. The van der Waals surface area contributed by atoms with E-state index >= 15 is 0 Å². The molecule has 0 spiro atoms. The van der Waals surface area contributed by atoms with Crippen molar-refractivity contribution >= 4 is 17.6 Å². The van der Waals surface area contributed by atoms with E-state index in [0.29, 0.717) is 6.92 Å². The van der Waals surface area contributed by atoms with E-state index in [1.54, 1.807) is 0 Å². The maximum Gasteiger partial charge on any atom is 0.355 e. The lowest BCUT2D eigenvalue weighted by Gasteiger charge is -2.12. The molecule has 1 fully saturated rings. The van der Waals surface area contributed by atoms with Gasteiger partial charge in [-0.05, 0) is 12.3 Å². The van der Waals surface area contributed by atoms with E-state index in [-0.39, 0.29) is 19.4 Å². The van der Waals surface area contributed by atoms with E-state index in [2.05, 4.69) is 5.10 Å². The van der Waals surface area contributed by atoms with Crippen LogP contribution in [0.2, 0.25) is 5.02 Å². The topological polar surface area (TPSA) is 55.1 Å². The van der Waals surface area contributed by atoms with Crippen LogP contribution in [0.1, 0.15) is 42.4 Å². The number of halogens is 5. The van der Waals surface area contributed by atoms with Crippen LogP contribution in [0, 0.1) is 5.92 Å². The molecule has 0 amide bonds. The van der Waals surface area contributed by atoms with Gasteiger partial charge >= 0.3 is 5.97 Å². The number of carboxylic acid groups (broad SMARTS) is 1. The Morgan fingerprint density at radius 1 is 1.57 bits per heavy atom. The van der Waals surface area contributed by atoms with Crippen LogP contribution < -0.4 is 0 Å². The summed E-state index contributed by atoms with van der Waals surface area (Å²) in [4.78, 5) is 11.1.